The Kier molecular flexibility index (Phi) is 6.28. The summed E-state index contributed by atoms with van der Waals surface area (Å²) in [4.78, 5) is 21.3. The molecule has 0 aliphatic carbocycles. The van der Waals surface area contributed by atoms with Gasteiger partial charge in [0.1, 0.15) is 5.76 Å². The molecule has 7 heteroatoms. The average Bonchev–Trinajstić information content (AvgIpc) is 3.44. The number of hydrogen-bond donors (Lipinski definition) is 0. The standard InChI is InChI=1S/C23H28N4O3/c1-3-19-10-11-20(29-19)23(28)27-15-13-26(14-16-27)12-4-5-21-24-22(25-30-21)18-8-6-17(2)7-9-18/h6-11H,3-5,12-16H2,1-2H3. The van der Waals surface area contributed by atoms with Crippen molar-refractivity contribution in [1.29, 1.82) is 0 Å². The van der Waals surface area contributed by atoms with Crippen molar-refractivity contribution in [2.24, 2.45) is 0 Å². The van der Waals surface area contributed by atoms with Crippen LogP contribution in [0.1, 0.15) is 41.1 Å². The van der Waals surface area contributed by atoms with E-state index in [2.05, 4.69) is 22.0 Å². The van der Waals surface area contributed by atoms with Gasteiger partial charge in [-0.2, -0.15) is 4.98 Å². The topological polar surface area (TPSA) is 75.6 Å². The van der Waals surface area contributed by atoms with Gasteiger partial charge in [-0.15, -0.1) is 0 Å². The van der Waals surface area contributed by atoms with Crippen molar-refractivity contribution in [3.8, 4) is 11.4 Å². The molecule has 3 aromatic rings. The molecule has 0 spiro atoms. The van der Waals surface area contributed by atoms with Crippen molar-refractivity contribution in [3.63, 3.8) is 0 Å². The van der Waals surface area contributed by atoms with Crippen molar-refractivity contribution in [3.05, 3.63) is 59.4 Å². The van der Waals surface area contributed by atoms with Crippen LogP contribution in [0.4, 0.5) is 0 Å². The Morgan fingerprint density at radius 2 is 1.83 bits per heavy atom. The molecule has 2 aromatic heterocycles. The lowest BCUT2D eigenvalue weighted by atomic mass is 10.1. The Morgan fingerprint density at radius 3 is 2.53 bits per heavy atom. The van der Waals surface area contributed by atoms with E-state index >= 15 is 0 Å². The lowest BCUT2D eigenvalue weighted by Gasteiger charge is -2.34. The van der Waals surface area contributed by atoms with Crippen LogP contribution < -0.4 is 0 Å². The van der Waals surface area contributed by atoms with Crippen LogP contribution in [0.3, 0.4) is 0 Å². The van der Waals surface area contributed by atoms with Gasteiger partial charge in [0, 0.05) is 44.6 Å². The fourth-order valence-electron chi connectivity index (χ4n) is 3.64. The molecule has 1 saturated heterocycles. The second kappa shape index (κ2) is 9.26. The minimum atomic E-state index is -0.0103. The zero-order chi connectivity index (χ0) is 20.9. The molecule has 158 valence electrons. The van der Waals surface area contributed by atoms with Crippen molar-refractivity contribution >= 4 is 5.91 Å². The van der Waals surface area contributed by atoms with Gasteiger partial charge in [-0.05, 0) is 32.0 Å². The number of carbonyl (C=O) groups excluding carboxylic acids is 1. The summed E-state index contributed by atoms with van der Waals surface area (Å²) < 4.78 is 11.0. The maximum atomic E-state index is 12.6. The van der Waals surface area contributed by atoms with Crippen LogP contribution >= 0.6 is 0 Å². The fraction of sp³-hybridized carbons (Fsp3) is 0.435. The molecule has 0 bridgehead atoms. The third kappa shape index (κ3) is 4.79. The fourth-order valence-corrected chi connectivity index (χ4v) is 3.64. The largest absolute Gasteiger partial charge is 0.456 e. The summed E-state index contributed by atoms with van der Waals surface area (Å²) in [6, 6.07) is 11.8. The van der Waals surface area contributed by atoms with Gasteiger partial charge >= 0.3 is 0 Å². The van der Waals surface area contributed by atoms with Gasteiger partial charge < -0.3 is 13.8 Å². The van der Waals surface area contributed by atoms with E-state index < -0.39 is 0 Å². The smallest absolute Gasteiger partial charge is 0.289 e. The van der Waals surface area contributed by atoms with E-state index in [-0.39, 0.29) is 5.91 Å². The number of piperazine rings is 1. The summed E-state index contributed by atoms with van der Waals surface area (Å²) >= 11 is 0. The normalized spacial score (nSPS) is 14.9. The third-order valence-corrected chi connectivity index (χ3v) is 5.52. The zero-order valence-corrected chi connectivity index (χ0v) is 17.6. The molecule has 0 unspecified atom stereocenters. The van der Waals surface area contributed by atoms with E-state index in [1.807, 2.05) is 42.2 Å². The molecule has 1 fully saturated rings. The van der Waals surface area contributed by atoms with Crippen LogP contribution in [0.25, 0.3) is 11.4 Å². The van der Waals surface area contributed by atoms with Gasteiger partial charge in [0.2, 0.25) is 11.7 Å². The van der Waals surface area contributed by atoms with E-state index in [1.54, 1.807) is 6.07 Å². The molecule has 30 heavy (non-hydrogen) atoms. The maximum absolute atomic E-state index is 12.6. The second-order valence-corrected chi connectivity index (χ2v) is 7.73. The molecule has 1 aromatic carbocycles. The van der Waals surface area contributed by atoms with Crippen molar-refractivity contribution in [1.82, 2.24) is 19.9 Å². The highest BCUT2D eigenvalue weighted by Gasteiger charge is 2.24. The van der Waals surface area contributed by atoms with Gasteiger partial charge in [0.15, 0.2) is 5.76 Å². The van der Waals surface area contributed by atoms with Crippen LogP contribution in [-0.2, 0) is 12.8 Å². The average molecular weight is 409 g/mol. The maximum Gasteiger partial charge on any atom is 0.289 e. The van der Waals surface area contributed by atoms with Crippen LogP contribution in [0.15, 0.2) is 45.3 Å². The molecule has 1 aliphatic rings. The minimum Gasteiger partial charge on any atom is -0.456 e. The van der Waals surface area contributed by atoms with Crippen molar-refractivity contribution < 1.29 is 13.7 Å². The number of nitrogens with zero attached hydrogens (tertiary/aromatic N) is 4. The van der Waals surface area contributed by atoms with E-state index in [4.69, 9.17) is 8.94 Å². The van der Waals surface area contributed by atoms with E-state index in [0.717, 1.165) is 63.3 Å². The number of benzene rings is 1. The monoisotopic (exact) mass is 408 g/mol. The molecular formula is C23H28N4O3. The van der Waals surface area contributed by atoms with Crippen LogP contribution in [0, 0.1) is 6.92 Å². The summed E-state index contributed by atoms with van der Waals surface area (Å²) in [7, 11) is 0. The molecule has 0 N–H and O–H groups in total. The van der Waals surface area contributed by atoms with Gasteiger partial charge in [0.25, 0.3) is 5.91 Å². The Morgan fingerprint density at radius 1 is 1.07 bits per heavy atom. The summed E-state index contributed by atoms with van der Waals surface area (Å²) in [5, 5.41) is 4.09. The number of aryl methyl sites for hydroxylation is 3. The molecule has 4 rings (SSSR count). The first-order chi connectivity index (χ1) is 14.6. The molecule has 1 amide bonds. The molecule has 0 radical (unpaired) electrons. The highest BCUT2D eigenvalue weighted by atomic mass is 16.5. The van der Waals surface area contributed by atoms with Crippen molar-refractivity contribution in [2.75, 3.05) is 32.7 Å². The van der Waals surface area contributed by atoms with E-state index in [0.29, 0.717) is 17.5 Å². The molecule has 1 aliphatic heterocycles. The number of rotatable bonds is 7. The van der Waals surface area contributed by atoms with Gasteiger partial charge in [0.05, 0.1) is 0 Å². The zero-order valence-electron chi connectivity index (χ0n) is 17.6. The SMILES string of the molecule is CCc1ccc(C(=O)N2CCN(CCCc3nc(-c4ccc(C)cc4)no3)CC2)o1. The molecular weight excluding hydrogens is 380 g/mol. The molecule has 7 nitrogen and oxygen atoms in total. The lowest BCUT2D eigenvalue weighted by Crippen LogP contribution is -2.48. The van der Waals surface area contributed by atoms with Gasteiger partial charge in [-0.3, -0.25) is 9.69 Å². The predicted octanol–water partition coefficient (Wildman–Crippen LogP) is 3.59. The van der Waals surface area contributed by atoms with Gasteiger partial charge in [-0.25, -0.2) is 0 Å². The highest BCUT2D eigenvalue weighted by molar-refractivity contribution is 5.91. The highest BCUT2D eigenvalue weighted by Crippen LogP contribution is 2.17. The number of aromatic nitrogens is 2. The summed E-state index contributed by atoms with van der Waals surface area (Å²) in [5.41, 5.74) is 2.18. The predicted molar refractivity (Wildman–Crippen MR) is 113 cm³/mol. The number of amides is 1. The summed E-state index contributed by atoms with van der Waals surface area (Å²) in [5.74, 6) is 2.60. The number of furan rings is 1. The van der Waals surface area contributed by atoms with E-state index in [1.165, 1.54) is 5.56 Å². The van der Waals surface area contributed by atoms with Crippen molar-refractivity contribution in [2.45, 2.75) is 33.1 Å². The Balaban J connectivity index is 1.21. The first-order valence-corrected chi connectivity index (χ1v) is 10.6. The third-order valence-electron chi connectivity index (χ3n) is 5.52. The van der Waals surface area contributed by atoms with Gasteiger partial charge in [-0.1, -0.05) is 41.9 Å². The van der Waals surface area contributed by atoms with Crippen LogP contribution in [0.5, 0.6) is 0 Å². The quantitative estimate of drug-likeness (QED) is 0.595. The van der Waals surface area contributed by atoms with Crippen LogP contribution in [0.2, 0.25) is 0 Å². The van der Waals surface area contributed by atoms with Crippen LogP contribution in [-0.4, -0.2) is 58.6 Å². The Labute approximate surface area is 176 Å². The number of carbonyl (C=O) groups is 1. The second-order valence-electron chi connectivity index (χ2n) is 7.73. The Hall–Kier alpha value is -2.93. The number of hydrogen-bond acceptors (Lipinski definition) is 6. The Bertz CT molecular complexity index is 969. The first-order valence-electron chi connectivity index (χ1n) is 10.6. The molecule has 0 atom stereocenters. The molecule has 0 saturated carbocycles. The lowest BCUT2D eigenvalue weighted by molar-refractivity contribution is 0.0603. The minimum absolute atomic E-state index is 0.0103. The summed E-state index contributed by atoms with van der Waals surface area (Å²) in [6.07, 6.45) is 2.50. The van der Waals surface area contributed by atoms with E-state index in [9.17, 15) is 4.79 Å². The molecule has 3 heterocycles. The first kappa shape index (κ1) is 20.3. The summed E-state index contributed by atoms with van der Waals surface area (Å²) in [6.45, 7) is 8.20.